The van der Waals surface area contributed by atoms with Crippen molar-refractivity contribution >= 4 is 17.6 Å². The molecular formula is C12H19N3OS. The Hall–Kier alpha value is -0.810. The third kappa shape index (κ3) is 3.57. The van der Waals surface area contributed by atoms with Crippen LogP contribution in [0.5, 0.6) is 0 Å². The fraction of sp³-hybridized carbons (Fsp3) is 0.667. The van der Waals surface area contributed by atoms with Crippen LogP contribution in [0.2, 0.25) is 0 Å². The first kappa shape index (κ1) is 12.6. The fourth-order valence-corrected chi connectivity index (χ4v) is 2.36. The van der Waals surface area contributed by atoms with E-state index in [9.17, 15) is 0 Å². The number of hydrogen-bond donors (Lipinski definition) is 2. The molecule has 2 N–H and O–H groups in total. The Balaban J connectivity index is 2.06. The van der Waals surface area contributed by atoms with Crippen molar-refractivity contribution in [2.24, 2.45) is 5.92 Å². The Kier molecular flexibility index (Phi) is 4.23. The molecule has 1 aliphatic rings. The number of thioether (sulfide) groups is 1. The molecule has 4 nitrogen and oxygen atoms in total. The maximum atomic E-state index is 9.01. The normalized spacial score (nSPS) is 16.9. The Morgan fingerprint density at radius 2 is 2.29 bits per heavy atom. The molecule has 0 bridgehead atoms. The van der Waals surface area contributed by atoms with E-state index in [1.807, 2.05) is 20.0 Å². The van der Waals surface area contributed by atoms with Crippen LogP contribution in [0.25, 0.3) is 0 Å². The molecule has 94 valence electrons. The van der Waals surface area contributed by atoms with Gasteiger partial charge < -0.3 is 10.4 Å². The Labute approximate surface area is 106 Å². The van der Waals surface area contributed by atoms with Crippen LogP contribution in [0, 0.1) is 5.92 Å². The van der Waals surface area contributed by atoms with Crippen molar-refractivity contribution in [1.82, 2.24) is 9.97 Å². The average Bonchev–Trinajstić information content (AvgIpc) is 3.19. The number of aliphatic hydroxyl groups is 1. The van der Waals surface area contributed by atoms with Crippen molar-refractivity contribution in [3.63, 3.8) is 0 Å². The molecule has 1 unspecified atom stereocenters. The number of rotatable bonds is 6. The standard InChI is InChI=1S/C12H19N3OS/c1-8(6-16)7-17-11-5-10(13-2)14-12(15-11)9-3-4-9/h5,8-9,16H,3-4,6-7H2,1-2H3,(H,13,14,15). The minimum absolute atomic E-state index is 0.229. The molecular weight excluding hydrogens is 234 g/mol. The maximum Gasteiger partial charge on any atom is 0.135 e. The van der Waals surface area contributed by atoms with E-state index in [0.717, 1.165) is 22.4 Å². The Bertz CT molecular complexity index is 382. The lowest BCUT2D eigenvalue weighted by Gasteiger charge is -2.09. The van der Waals surface area contributed by atoms with Gasteiger partial charge in [-0.15, -0.1) is 11.8 Å². The molecule has 0 aromatic carbocycles. The zero-order valence-corrected chi connectivity index (χ0v) is 11.1. The van der Waals surface area contributed by atoms with Gasteiger partial charge in [-0.1, -0.05) is 6.92 Å². The quantitative estimate of drug-likeness (QED) is 0.601. The van der Waals surface area contributed by atoms with Crippen LogP contribution in [-0.2, 0) is 0 Å². The monoisotopic (exact) mass is 253 g/mol. The van der Waals surface area contributed by atoms with Crippen LogP contribution >= 0.6 is 11.8 Å². The highest BCUT2D eigenvalue weighted by molar-refractivity contribution is 7.99. The summed E-state index contributed by atoms with van der Waals surface area (Å²) in [4.78, 5) is 9.06. The predicted molar refractivity (Wildman–Crippen MR) is 70.5 cm³/mol. The molecule has 0 spiro atoms. The first-order chi connectivity index (χ1) is 8.22. The number of hydrogen-bond acceptors (Lipinski definition) is 5. The highest BCUT2D eigenvalue weighted by Gasteiger charge is 2.27. The highest BCUT2D eigenvalue weighted by Crippen LogP contribution is 2.39. The van der Waals surface area contributed by atoms with Gasteiger partial charge in [-0.3, -0.25) is 0 Å². The molecule has 2 rings (SSSR count). The van der Waals surface area contributed by atoms with Crippen LogP contribution in [0.4, 0.5) is 5.82 Å². The summed E-state index contributed by atoms with van der Waals surface area (Å²) in [7, 11) is 1.88. The molecule has 1 heterocycles. The zero-order chi connectivity index (χ0) is 12.3. The van der Waals surface area contributed by atoms with Gasteiger partial charge in [-0.2, -0.15) is 0 Å². The molecule has 1 aromatic heterocycles. The number of aliphatic hydroxyl groups excluding tert-OH is 1. The van der Waals surface area contributed by atoms with Crippen molar-refractivity contribution in [3.8, 4) is 0 Å². The number of nitrogens with one attached hydrogen (secondary N) is 1. The highest BCUT2D eigenvalue weighted by atomic mass is 32.2. The second-order valence-electron chi connectivity index (χ2n) is 4.57. The summed E-state index contributed by atoms with van der Waals surface area (Å²) in [5.41, 5.74) is 0. The van der Waals surface area contributed by atoms with Crippen molar-refractivity contribution in [2.45, 2.75) is 30.7 Å². The number of nitrogens with zero attached hydrogens (tertiary/aromatic N) is 2. The zero-order valence-electron chi connectivity index (χ0n) is 10.3. The van der Waals surface area contributed by atoms with E-state index in [-0.39, 0.29) is 6.61 Å². The summed E-state index contributed by atoms with van der Waals surface area (Å²) in [5.74, 6) is 3.62. The molecule has 5 heteroatoms. The van der Waals surface area contributed by atoms with E-state index in [1.165, 1.54) is 12.8 Å². The summed E-state index contributed by atoms with van der Waals surface area (Å²) >= 11 is 1.69. The smallest absolute Gasteiger partial charge is 0.135 e. The SMILES string of the molecule is CNc1cc(SCC(C)CO)nc(C2CC2)n1. The van der Waals surface area contributed by atoms with Gasteiger partial charge >= 0.3 is 0 Å². The summed E-state index contributed by atoms with van der Waals surface area (Å²) in [6.07, 6.45) is 2.43. The molecule has 0 radical (unpaired) electrons. The lowest BCUT2D eigenvalue weighted by molar-refractivity contribution is 0.250. The Morgan fingerprint density at radius 3 is 2.88 bits per heavy atom. The average molecular weight is 253 g/mol. The number of anilines is 1. The van der Waals surface area contributed by atoms with E-state index in [4.69, 9.17) is 5.11 Å². The maximum absolute atomic E-state index is 9.01. The van der Waals surface area contributed by atoms with Crippen LogP contribution in [0.15, 0.2) is 11.1 Å². The molecule has 17 heavy (non-hydrogen) atoms. The van der Waals surface area contributed by atoms with E-state index in [1.54, 1.807) is 11.8 Å². The predicted octanol–water partition coefficient (Wildman–Crippen LogP) is 2.12. The second-order valence-corrected chi connectivity index (χ2v) is 5.61. The summed E-state index contributed by atoms with van der Waals surface area (Å²) in [6, 6.07) is 1.97. The largest absolute Gasteiger partial charge is 0.396 e. The van der Waals surface area contributed by atoms with Gasteiger partial charge in [0.1, 0.15) is 16.7 Å². The molecule has 1 aliphatic carbocycles. The first-order valence-corrected chi connectivity index (χ1v) is 7.02. The third-order valence-corrected chi connectivity index (χ3v) is 3.99. The van der Waals surface area contributed by atoms with Crippen molar-refractivity contribution in [2.75, 3.05) is 24.7 Å². The first-order valence-electron chi connectivity index (χ1n) is 6.03. The molecule has 0 saturated heterocycles. The van der Waals surface area contributed by atoms with E-state index >= 15 is 0 Å². The minimum Gasteiger partial charge on any atom is -0.396 e. The number of aromatic nitrogens is 2. The molecule has 0 amide bonds. The molecule has 1 aromatic rings. The molecule has 1 saturated carbocycles. The molecule has 1 fully saturated rings. The van der Waals surface area contributed by atoms with Gasteiger partial charge in [-0.05, 0) is 18.8 Å². The Morgan fingerprint density at radius 1 is 1.53 bits per heavy atom. The second kappa shape index (κ2) is 5.69. The van der Waals surface area contributed by atoms with Gasteiger partial charge in [0.25, 0.3) is 0 Å². The van der Waals surface area contributed by atoms with Crippen LogP contribution < -0.4 is 5.32 Å². The van der Waals surface area contributed by atoms with Gasteiger partial charge in [0.05, 0.1) is 0 Å². The lowest BCUT2D eigenvalue weighted by atomic mass is 10.2. The van der Waals surface area contributed by atoms with E-state index in [2.05, 4.69) is 15.3 Å². The van der Waals surface area contributed by atoms with Crippen molar-refractivity contribution < 1.29 is 5.11 Å². The molecule has 1 atom stereocenters. The van der Waals surface area contributed by atoms with Crippen molar-refractivity contribution in [3.05, 3.63) is 11.9 Å². The van der Waals surface area contributed by atoms with E-state index in [0.29, 0.717) is 11.8 Å². The van der Waals surface area contributed by atoms with Crippen molar-refractivity contribution in [1.29, 1.82) is 0 Å². The lowest BCUT2D eigenvalue weighted by Crippen LogP contribution is -2.05. The summed E-state index contributed by atoms with van der Waals surface area (Å²) in [6.45, 7) is 2.27. The van der Waals surface area contributed by atoms with Crippen LogP contribution in [0.3, 0.4) is 0 Å². The van der Waals surface area contributed by atoms with Crippen LogP contribution in [-0.4, -0.2) is 34.5 Å². The summed E-state index contributed by atoms with van der Waals surface area (Å²) in [5, 5.41) is 13.1. The van der Waals surface area contributed by atoms with Gasteiger partial charge in [-0.25, -0.2) is 9.97 Å². The molecule has 0 aliphatic heterocycles. The van der Waals surface area contributed by atoms with Crippen LogP contribution in [0.1, 0.15) is 31.5 Å². The summed E-state index contributed by atoms with van der Waals surface area (Å²) < 4.78 is 0. The van der Waals surface area contributed by atoms with E-state index < -0.39 is 0 Å². The third-order valence-electron chi connectivity index (χ3n) is 2.75. The minimum atomic E-state index is 0.229. The van der Waals surface area contributed by atoms with Gasteiger partial charge in [0, 0.05) is 31.4 Å². The fourth-order valence-electron chi connectivity index (χ4n) is 1.45. The topological polar surface area (TPSA) is 58.0 Å². The van der Waals surface area contributed by atoms with Gasteiger partial charge in [0.2, 0.25) is 0 Å². The van der Waals surface area contributed by atoms with Gasteiger partial charge in [0.15, 0.2) is 0 Å².